The van der Waals surface area contributed by atoms with Crippen molar-refractivity contribution in [2.45, 2.75) is 13.3 Å². The summed E-state index contributed by atoms with van der Waals surface area (Å²) in [4.78, 5) is 22.0. The minimum absolute atomic E-state index is 0.658. The Morgan fingerprint density at radius 2 is 2.00 bits per heavy atom. The average molecular weight is 373 g/mol. The van der Waals surface area contributed by atoms with E-state index in [9.17, 15) is 0 Å². The van der Waals surface area contributed by atoms with Gasteiger partial charge < -0.3 is 15.1 Å². The Balaban J connectivity index is 1.72. The molecule has 0 spiro atoms. The van der Waals surface area contributed by atoms with Crippen LogP contribution in [0.15, 0.2) is 61.6 Å². The van der Waals surface area contributed by atoms with E-state index in [-0.39, 0.29) is 0 Å². The van der Waals surface area contributed by atoms with Crippen LogP contribution in [-0.2, 0) is 0 Å². The Kier molecular flexibility index (Phi) is 4.89. The van der Waals surface area contributed by atoms with Crippen LogP contribution in [0.5, 0.6) is 0 Å². The number of fused-ring (bicyclic) bond motifs is 1. The highest BCUT2D eigenvalue weighted by Gasteiger charge is 2.23. The van der Waals surface area contributed by atoms with E-state index in [0.717, 1.165) is 53.7 Å². The molecule has 0 unspecified atom stereocenters. The summed E-state index contributed by atoms with van der Waals surface area (Å²) >= 11 is 0. The highest BCUT2D eigenvalue weighted by molar-refractivity contribution is 5.75. The molecule has 1 aliphatic heterocycles. The van der Waals surface area contributed by atoms with Crippen LogP contribution < -0.4 is 15.1 Å². The molecule has 0 radical (unpaired) electrons. The van der Waals surface area contributed by atoms with E-state index < -0.39 is 0 Å². The van der Waals surface area contributed by atoms with Crippen LogP contribution in [0.1, 0.15) is 12.0 Å². The summed E-state index contributed by atoms with van der Waals surface area (Å²) in [5, 5.41) is 3.25. The molecule has 0 saturated carbocycles. The minimum Gasteiger partial charge on any atom is -0.372 e. The second-order valence-corrected chi connectivity index (χ2v) is 6.88. The van der Waals surface area contributed by atoms with Gasteiger partial charge in [0.1, 0.15) is 11.6 Å². The molecule has 0 atom stereocenters. The molecule has 0 aromatic carbocycles. The fourth-order valence-electron chi connectivity index (χ4n) is 3.33. The molecule has 4 heterocycles. The predicted octanol–water partition coefficient (Wildman–Crippen LogP) is 3.47. The standard InChI is InChI=1S/C21H23N7/c1-15-11-17(13-23-12-15)18-5-6-19-21(26-18)28(10-4-9-27(19)3)16(2)25-20-14-22-7-8-24-20/h5-8,11-14H,2,4,9-10H2,1,3H3,(H,24,25). The summed E-state index contributed by atoms with van der Waals surface area (Å²) in [7, 11) is 2.09. The molecule has 0 aliphatic carbocycles. The third-order valence-corrected chi connectivity index (χ3v) is 4.73. The predicted molar refractivity (Wildman–Crippen MR) is 112 cm³/mol. The number of nitrogens with zero attached hydrogens (tertiary/aromatic N) is 6. The Hall–Kier alpha value is -3.48. The Morgan fingerprint density at radius 3 is 2.79 bits per heavy atom. The van der Waals surface area contributed by atoms with E-state index >= 15 is 0 Å². The summed E-state index contributed by atoms with van der Waals surface area (Å²) in [6, 6.07) is 6.27. The highest BCUT2D eigenvalue weighted by Crippen LogP contribution is 2.34. The van der Waals surface area contributed by atoms with Gasteiger partial charge >= 0.3 is 0 Å². The molecule has 1 N–H and O–H groups in total. The van der Waals surface area contributed by atoms with Crippen LogP contribution >= 0.6 is 0 Å². The molecule has 0 saturated heterocycles. The summed E-state index contributed by atoms with van der Waals surface area (Å²) < 4.78 is 0. The maximum atomic E-state index is 4.99. The lowest BCUT2D eigenvalue weighted by Crippen LogP contribution is -2.28. The molecule has 0 bridgehead atoms. The Labute approximate surface area is 164 Å². The van der Waals surface area contributed by atoms with Crippen molar-refractivity contribution >= 4 is 17.3 Å². The van der Waals surface area contributed by atoms with Gasteiger partial charge in [-0.15, -0.1) is 0 Å². The maximum absolute atomic E-state index is 4.99. The van der Waals surface area contributed by atoms with E-state index in [4.69, 9.17) is 4.98 Å². The SMILES string of the molecule is C=C(Nc1cnccn1)N1CCCN(C)c2ccc(-c3cncc(C)c3)nc21. The zero-order valence-electron chi connectivity index (χ0n) is 16.1. The smallest absolute Gasteiger partial charge is 0.158 e. The first-order chi connectivity index (χ1) is 13.6. The molecular weight excluding hydrogens is 350 g/mol. The van der Waals surface area contributed by atoms with E-state index in [1.54, 1.807) is 18.6 Å². The van der Waals surface area contributed by atoms with Gasteiger partial charge in [0, 0.05) is 50.5 Å². The van der Waals surface area contributed by atoms with Gasteiger partial charge in [-0.2, -0.15) is 0 Å². The molecule has 28 heavy (non-hydrogen) atoms. The fraction of sp³-hybridized carbons (Fsp3) is 0.238. The normalized spacial score (nSPS) is 13.6. The van der Waals surface area contributed by atoms with Gasteiger partial charge in [-0.3, -0.25) is 9.97 Å². The Morgan fingerprint density at radius 1 is 1.11 bits per heavy atom. The van der Waals surface area contributed by atoms with Gasteiger partial charge in [-0.1, -0.05) is 6.58 Å². The third kappa shape index (κ3) is 3.64. The first-order valence-electron chi connectivity index (χ1n) is 9.25. The number of aromatic nitrogens is 4. The monoisotopic (exact) mass is 373 g/mol. The molecule has 142 valence electrons. The minimum atomic E-state index is 0.658. The second-order valence-electron chi connectivity index (χ2n) is 6.88. The summed E-state index contributed by atoms with van der Waals surface area (Å²) in [5.41, 5.74) is 4.07. The number of anilines is 3. The fourth-order valence-corrected chi connectivity index (χ4v) is 3.33. The van der Waals surface area contributed by atoms with Crippen molar-refractivity contribution in [3.8, 4) is 11.3 Å². The van der Waals surface area contributed by atoms with Crippen molar-refractivity contribution in [1.29, 1.82) is 0 Å². The van der Waals surface area contributed by atoms with Crippen LogP contribution in [0.3, 0.4) is 0 Å². The molecule has 4 rings (SSSR count). The molecule has 1 aliphatic rings. The number of nitrogens with one attached hydrogen (secondary N) is 1. The Bertz CT molecular complexity index is 987. The zero-order chi connectivity index (χ0) is 19.5. The molecule has 7 nitrogen and oxygen atoms in total. The van der Waals surface area contributed by atoms with E-state index in [0.29, 0.717) is 5.82 Å². The largest absolute Gasteiger partial charge is 0.372 e. The topological polar surface area (TPSA) is 70.1 Å². The van der Waals surface area contributed by atoms with Gasteiger partial charge in [0.25, 0.3) is 0 Å². The van der Waals surface area contributed by atoms with E-state index in [1.165, 1.54) is 0 Å². The van der Waals surface area contributed by atoms with Crippen LogP contribution in [0.4, 0.5) is 17.3 Å². The molecular formula is C21H23N7. The number of hydrogen-bond acceptors (Lipinski definition) is 7. The lowest BCUT2D eigenvalue weighted by molar-refractivity contribution is 0.789. The van der Waals surface area contributed by atoms with Gasteiger partial charge in [-0.25, -0.2) is 9.97 Å². The van der Waals surface area contributed by atoms with Crippen LogP contribution in [-0.4, -0.2) is 40.1 Å². The quantitative estimate of drug-likeness (QED) is 0.751. The lowest BCUT2D eigenvalue weighted by atomic mass is 10.1. The van der Waals surface area contributed by atoms with E-state index in [2.05, 4.69) is 55.8 Å². The summed E-state index contributed by atoms with van der Waals surface area (Å²) in [5.74, 6) is 2.26. The number of hydrogen-bond donors (Lipinski definition) is 1. The van der Waals surface area contributed by atoms with Gasteiger partial charge in [0.05, 0.1) is 17.6 Å². The van der Waals surface area contributed by atoms with Crippen molar-refractivity contribution in [2.24, 2.45) is 0 Å². The van der Waals surface area contributed by atoms with Crippen LogP contribution in [0.2, 0.25) is 0 Å². The molecule has 7 heteroatoms. The third-order valence-electron chi connectivity index (χ3n) is 4.73. The molecule has 0 fully saturated rings. The van der Waals surface area contributed by atoms with Gasteiger partial charge in [0.2, 0.25) is 0 Å². The maximum Gasteiger partial charge on any atom is 0.158 e. The van der Waals surface area contributed by atoms with Crippen molar-refractivity contribution in [3.63, 3.8) is 0 Å². The summed E-state index contributed by atoms with van der Waals surface area (Å²) in [6.45, 7) is 8.03. The number of rotatable bonds is 4. The van der Waals surface area contributed by atoms with Crippen molar-refractivity contribution < 1.29 is 0 Å². The molecule has 0 amide bonds. The second kappa shape index (κ2) is 7.64. The van der Waals surface area contributed by atoms with Gasteiger partial charge in [0.15, 0.2) is 5.82 Å². The molecule has 3 aromatic rings. The first kappa shape index (κ1) is 17.9. The van der Waals surface area contributed by atoms with Crippen molar-refractivity contribution in [3.05, 3.63) is 67.1 Å². The lowest BCUT2D eigenvalue weighted by Gasteiger charge is -2.27. The van der Waals surface area contributed by atoms with Crippen LogP contribution in [0, 0.1) is 6.92 Å². The van der Waals surface area contributed by atoms with Gasteiger partial charge in [-0.05, 0) is 37.1 Å². The first-order valence-corrected chi connectivity index (χ1v) is 9.25. The van der Waals surface area contributed by atoms with Crippen molar-refractivity contribution in [1.82, 2.24) is 19.9 Å². The molecule has 3 aromatic heterocycles. The number of pyridine rings is 2. The number of aryl methyl sites for hydroxylation is 1. The highest BCUT2D eigenvalue weighted by atomic mass is 15.3. The van der Waals surface area contributed by atoms with Crippen molar-refractivity contribution in [2.75, 3.05) is 35.3 Å². The van der Waals surface area contributed by atoms with E-state index in [1.807, 2.05) is 25.4 Å². The van der Waals surface area contributed by atoms with Crippen LogP contribution in [0.25, 0.3) is 11.3 Å². The summed E-state index contributed by atoms with van der Waals surface area (Å²) in [6.07, 6.45) is 9.67. The average Bonchev–Trinajstić information content (AvgIpc) is 2.87. The zero-order valence-corrected chi connectivity index (χ0v) is 16.1.